The SMILES string of the molecule is C=C(C)C(C)(C)N(O)C(=O)CCC. The average Bonchev–Trinajstić information content (AvgIpc) is 2.03. The molecule has 1 amide bonds. The number of hydroxylamine groups is 2. The number of hydrogen-bond donors (Lipinski definition) is 1. The van der Waals surface area contributed by atoms with E-state index >= 15 is 0 Å². The number of amides is 1. The van der Waals surface area contributed by atoms with Gasteiger partial charge in [0, 0.05) is 6.42 Å². The molecule has 0 rings (SSSR count). The van der Waals surface area contributed by atoms with Crippen molar-refractivity contribution in [3.05, 3.63) is 12.2 Å². The van der Waals surface area contributed by atoms with Crippen LogP contribution in [0.3, 0.4) is 0 Å². The van der Waals surface area contributed by atoms with Gasteiger partial charge in [0.05, 0.1) is 5.54 Å². The van der Waals surface area contributed by atoms with E-state index in [1.165, 1.54) is 0 Å². The molecule has 0 aliphatic carbocycles. The number of rotatable bonds is 4. The summed E-state index contributed by atoms with van der Waals surface area (Å²) < 4.78 is 0. The molecule has 0 aliphatic heterocycles. The smallest absolute Gasteiger partial charge is 0.246 e. The molecule has 76 valence electrons. The van der Waals surface area contributed by atoms with Gasteiger partial charge >= 0.3 is 0 Å². The van der Waals surface area contributed by atoms with Crippen LogP contribution in [0.2, 0.25) is 0 Å². The van der Waals surface area contributed by atoms with Gasteiger partial charge in [0.15, 0.2) is 0 Å². The molecule has 0 unspecified atom stereocenters. The van der Waals surface area contributed by atoms with Crippen LogP contribution in [0, 0.1) is 0 Å². The topological polar surface area (TPSA) is 40.5 Å². The van der Waals surface area contributed by atoms with Gasteiger partial charge in [-0.15, -0.1) is 0 Å². The first-order valence-corrected chi connectivity index (χ1v) is 4.52. The van der Waals surface area contributed by atoms with Gasteiger partial charge in [-0.05, 0) is 27.2 Å². The number of hydrogen-bond acceptors (Lipinski definition) is 2. The van der Waals surface area contributed by atoms with E-state index in [1.807, 2.05) is 6.92 Å². The molecule has 0 aromatic rings. The maximum Gasteiger partial charge on any atom is 0.246 e. The Morgan fingerprint density at radius 3 is 2.31 bits per heavy atom. The highest BCUT2D eigenvalue weighted by Gasteiger charge is 2.29. The zero-order chi connectivity index (χ0) is 10.6. The second-order valence-electron chi connectivity index (χ2n) is 3.79. The van der Waals surface area contributed by atoms with Crippen LogP contribution in [-0.2, 0) is 4.79 Å². The zero-order valence-electron chi connectivity index (χ0n) is 8.92. The fourth-order valence-corrected chi connectivity index (χ4v) is 0.812. The van der Waals surface area contributed by atoms with Gasteiger partial charge < -0.3 is 0 Å². The molecule has 13 heavy (non-hydrogen) atoms. The van der Waals surface area contributed by atoms with E-state index in [0.717, 1.165) is 17.1 Å². The summed E-state index contributed by atoms with van der Waals surface area (Å²) in [5.41, 5.74) is 0.0890. The summed E-state index contributed by atoms with van der Waals surface area (Å²) in [6.07, 6.45) is 1.11. The molecular formula is C10H19NO2. The Labute approximate surface area is 80.0 Å². The lowest BCUT2D eigenvalue weighted by Gasteiger charge is -2.33. The van der Waals surface area contributed by atoms with E-state index in [1.54, 1.807) is 20.8 Å². The van der Waals surface area contributed by atoms with Crippen molar-refractivity contribution >= 4 is 5.91 Å². The lowest BCUT2D eigenvalue weighted by atomic mass is 9.96. The van der Waals surface area contributed by atoms with Crippen LogP contribution in [0.5, 0.6) is 0 Å². The van der Waals surface area contributed by atoms with Crippen molar-refractivity contribution in [2.24, 2.45) is 0 Å². The minimum absolute atomic E-state index is 0.254. The molecule has 0 aliphatic rings. The molecule has 0 spiro atoms. The van der Waals surface area contributed by atoms with Gasteiger partial charge in [0.1, 0.15) is 0 Å². The number of carbonyl (C=O) groups excluding carboxylic acids is 1. The van der Waals surface area contributed by atoms with Crippen LogP contribution < -0.4 is 0 Å². The first-order chi connectivity index (χ1) is 5.84. The molecular weight excluding hydrogens is 166 g/mol. The van der Waals surface area contributed by atoms with E-state index in [4.69, 9.17) is 0 Å². The minimum Gasteiger partial charge on any atom is -0.285 e. The van der Waals surface area contributed by atoms with E-state index in [9.17, 15) is 10.0 Å². The average molecular weight is 185 g/mol. The lowest BCUT2D eigenvalue weighted by molar-refractivity contribution is -0.184. The Balaban J connectivity index is 4.48. The Kier molecular flexibility index (Phi) is 4.14. The van der Waals surface area contributed by atoms with E-state index in [2.05, 4.69) is 6.58 Å². The van der Waals surface area contributed by atoms with Gasteiger partial charge in [0.25, 0.3) is 0 Å². The van der Waals surface area contributed by atoms with Crippen molar-refractivity contribution in [3.8, 4) is 0 Å². The highest BCUT2D eigenvalue weighted by molar-refractivity contribution is 5.76. The van der Waals surface area contributed by atoms with Crippen molar-refractivity contribution < 1.29 is 10.0 Å². The van der Waals surface area contributed by atoms with Crippen LogP contribution in [0.1, 0.15) is 40.5 Å². The molecule has 0 radical (unpaired) electrons. The number of nitrogens with zero attached hydrogens (tertiary/aromatic N) is 1. The first kappa shape index (κ1) is 12.2. The maximum atomic E-state index is 11.3. The predicted octanol–water partition coefficient (Wildman–Crippen LogP) is 2.36. The Hall–Kier alpha value is -0.830. The minimum atomic E-state index is -0.674. The monoisotopic (exact) mass is 185 g/mol. The summed E-state index contributed by atoms with van der Waals surface area (Å²) in [6.45, 7) is 11.0. The van der Waals surface area contributed by atoms with Gasteiger partial charge in [-0.2, -0.15) is 0 Å². The molecule has 3 nitrogen and oxygen atoms in total. The summed E-state index contributed by atoms with van der Waals surface area (Å²) in [5.74, 6) is -0.254. The fraction of sp³-hybridized carbons (Fsp3) is 0.700. The van der Waals surface area contributed by atoms with E-state index in [0.29, 0.717) is 6.42 Å². The maximum absolute atomic E-state index is 11.3. The van der Waals surface area contributed by atoms with Gasteiger partial charge in [-0.1, -0.05) is 19.1 Å². The fourth-order valence-electron chi connectivity index (χ4n) is 0.812. The van der Waals surface area contributed by atoms with Crippen LogP contribution >= 0.6 is 0 Å². The quantitative estimate of drug-likeness (QED) is 0.415. The molecule has 0 aromatic carbocycles. The summed E-state index contributed by atoms with van der Waals surface area (Å²) in [4.78, 5) is 11.3. The van der Waals surface area contributed by atoms with Gasteiger partial charge in [0.2, 0.25) is 5.91 Å². The molecule has 0 aromatic heterocycles. The summed E-state index contributed by atoms with van der Waals surface area (Å²) in [5, 5.41) is 10.3. The van der Waals surface area contributed by atoms with E-state index in [-0.39, 0.29) is 5.91 Å². The summed E-state index contributed by atoms with van der Waals surface area (Å²) in [7, 11) is 0. The first-order valence-electron chi connectivity index (χ1n) is 4.52. The summed E-state index contributed by atoms with van der Waals surface area (Å²) >= 11 is 0. The van der Waals surface area contributed by atoms with Crippen LogP contribution in [0.25, 0.3) is 0 Å². The highest BCUT2D eigenvalue weighted by Crippen LogP contribution is 2.21. The van der Waals surface area contributed by atoms with Crippen molar-refractivity contribution in [3.63, 3.8) is 0 Å². The van der Waals surface area contributed by atoms with Gasteiger partial charge in [-0.3, -0.25) is 10.0 Å². The molecule has 0 saturated heterocycles. The molecule has 1 N–H and O–H groups in total. The van der Waals surface area contributed by atoms with E-state index < -0.39 is 5.54 Å². The Bertz CT molecular complexity index is 209. The zero-order valence-corrected chi connectivity index (χ0v) is 8.92. The van der Waals surface area contributed by atoms with Crippen LogP contribution in [0.15, 0.2) is 12.2 Å². The van der Waals surface area contributed by atoms with Gasteiger partial charge in [-0.25, -0.2) is 5.06 Å². The van der Waals surface area contributed by atoms with Crippen LogP contribution in [-0.4, -0.2) is 21.7 Å². The Morgan fingerprint density at radius 2 is 2.00 bits per heavy atom. The highest BCUT2D eigenvalue weighted by atomic mass is 16.5. The normalized spacial score (nSPS) is 11.2. The summed E-state index contributed by atoms with van der Waals surface area (Å²) in [6, 6.07) is 0. The third-order valence-corrected chi connectivity index (χ3v) is 2.27. The largest absolute Gasteiger partial charge is 0.285 e. The van der Waals surface area contributed by atoms with Crippen molar-refractivity contribution in [1.29, 1.82) is 0 Å². The lowest BCUT2D eigenvalue weighted by Crippen LogP contribution is -2.46. The van der Waals surface area contributed by atoms with Crippen molar-refractivity contribution in [2.75, 3.05) is 0 Å². The molecule has 0 atom stereocenters. The second kappa shape index (κ2) is 4.42. The second-order valence-corrected chi connectivity index (χ2v) is 3.79. The molecule has 0 bridgehead atoms. The van der Waals surface area contributed by atoms with Crippen LogP contribution in [0.4, 0.5) is 0 Å². The third-order valence-electron chi connectivity index (χ3n) is 2.27. The molecule has 3 heteroatoms. The van der Waals surface area contributed by atoms with Crippen molar-refractivity contribution in [2.45, 2.75) is 46.1 Å². The molecule has 0 fully saturated rings. The Morgan fingerprint density at radius 1 is 1.54 bits per heavy atom. The number of carbonyl (C=O) groups is 1. The standard InChI is InChI=1S/C10H19NO2/c1-6-7-9(12)11(13)10(4,5)8(2)3/h13H,2,6-7H2,1,3-5H3. The predicted molar refractivity (Wildman–Crippen MR) is 52.4 cm³/mol. The molecule has 0 heterocycles. The third kappa shape index (κ3) is 2.84. The van der Waals surface area contributed by atoms with Crippen molar-refractivity contribution in [1.82, 2.24) is 5.06 Å². The molecule has 0 saturated carbocycles.